The van der Waals surface area contributed by atoms with Gasteiger partial charge < -0.3 is 4.98 Å². The Kier molecular flexibility index (Phi) is 4.17. The van der Waals surface area contributed by atoms with Crippen LogP contribution < -0.4 is 5.56 Å². The first-order valence-corrected chi connectivity index (χ1v) is 11.8. The first-order valence-electron chi connectivity index (χ1n) is 10.8. The second kappa shape index (κ2) is 6.80. The van der Waals surface area contributed by atoms with Crippen molar-refractivity contribution in [2.75, 3.05) is 5.75 Å². The number of hydrogen-bond acceptors (Lipinski definition) is 5. The summed E-state index contributed by atoms with van der Waals surface area (Å²) in [6.45, 7) is 0. The summed E-state index contributed by atoms with van der Waals surface area (Å²) in [6.07, 6.45) is 8.74. The van der Waals surface area contributed by atoms with Crippen molar-refractivity contribution in [3.63, 3.8) is 0 Å². The third kappa shape index (κ3) is 2.94. The van der Waals surface area contributed by atoms with Gasteiger partial charge in [-0.1, -0.05) is 30.0 Å². The molecule has 4 aliphatic rings. The zero-order valence-electron chi connectivity index (χ0n) is 16.7. The summed E-state index contributed by atoms with van der Waals surface area (Å²) in [5.74, 6) is 2.98. The van der Waals surface area contributed by atoms with Gasteiger partial charge in [0.1, 0.15) is 11.2 Å². The number of aromatic nitrogens is 4. The molecule has 0 amide bonds. The first-order chi connectivity index (χ1) is 14.6. The largest absolute Gasteiger partial charge is 0.301 e. The molecule has 4 bridgehead atoms. The Morgan fingerprint density at radius 2 is 1.77 bits per heavy atom. The Bertz CT molecular complexity index is 1150. The number of hydrogen-bond donors (Lipinski definition) is 1. The van der Waals surface area contributed by atoms with Crippen LogP contribution in [0.2, 0.25) is 0 Å². The van der Waals surface area contributed by atoms with Crippen LogP contribution in [0.5, 0.6) is 0 Å². The van der Waals surface area contributed by atoms with Crippen molar-refractivity contribution in [2.45, 2.75) is 43.7 Å². The number of nitrogens with zero attached hydrogens (tertiary/aromatic N) is 3. The van der Waals surface area contributed by atoms with Crippen LogP contribution >= 0.6 is 11.8 Å². The highest BCUT2D eigenvalue weighted by Gasteiger charge is 2.54. The van der Waals surface area contributed by atoms with Crippen LogP contribution in [0.1, 0.15) is 38.5 Å². The number of ketones is 1. The topological polar surface area (TPSA) is 80.6 Å². The summed E-state index contributed by atoms with van der Waals surface area (Å²) in [5, 5.41) is 5.29. The Morgan fingerprint density at radius 3 is 2.43 bits per heavy atom. The Balaban J connectivity index is 1.26. The number of aromatic amines is 1. The quantitative estimate of drug-likeness (QED) is 0.499. The van der Waals surface area contributed by atoms with Gasteiger partial charge in [-0.3, -0.25) is 9.59 Å². The fourth-order valence-electron chi connectivity index (χ4n) is 6.46. The standard InChI is InChI=1S/C23H24N4O2S/c28-19(23-9-14-6-15(10-23)8-16(7-14)11-23)13-30-22-25-20-18(21(29)26-22)12-24-27(20)17-4-2-1-3-5-17/h1-5,12,14-16H,6-11,13H2,(H,25,26,29). The summed E-state index contributed by atoms with van der Waals surface area (Å²) in [7, 11) is 0. The van der Waals surface area contributed by atoms with Gasteiger partial charge in [0.25, 0.3) is 5.56 Å². The van der Waals surface area contributed by atoms with E-state index in [4.69, 9.17) is 0 Å². The van der Waals surface area contributed by atoms with Crippen LogP contribution in [0.4, 0.5) is 0 Å². The highest BCUT2D eigenvalue weighted by molar-refractivity contribution is 7.99. The van der Waals surface area contributed by atoms with Crippen molar-refractivity contribution in [1.29, 1.82) is 0 Å². The highest BCUT2D eigenvalue weighted by Crippen LogP contribution is 2.60. The van der Waals surface area contributed by atoms with Crippen LogP contribution in [0.3, 0.4) is 0 Å². The molecular weight excluding hydrogens is 396 g/mol. The highest BCUT2D eigenvalue weighted by atomic mass is 32.2. The molecule has 0 spiro atoms. The summed E-state index contributed by atoms with van der Waals surface area (Å²) in [4.78, 5) is 33.3. The fourth-order valence-corrected chi connectivity index (χ4v) is 7.35. The van der Waals surface area contributed by atoms with Gasteiger partial charge >= 0.3 is 0 Å². The number of benzene rings is 1. The first kappa shape index (κ1) is 18.4. The van der Waals surface area contributed by atoms with Crippen molar-refractivity contribution in [1.82, 2.24) is 19.7 Å². The Labute approximate surface area is 178 Å². The predicted octanol–water partition coefficient (Wildman–Crippen LogP) is 3.99. The molecule has 0 atom stereocenters. The van der Waals surface area contributed by atoms with E-state index in [1.165, 1.54) is 31.0 Å². The number of fused-ring (bicyclic) bond motifs is 1. The maximum absolute atomic E-state index is 13.3. The molecule has 4 aliphatic carbocycles. The number of carbonyl (C=O) groups is 1. The zero-order valence-corrected chi connectivity index (χ0v) is 17.5. The molecule has 6 nitrogen and oxygen atoms in total. The van der Waals surface area contributed by atoms with Gasteiger partial charge in [-0.2, -0.15) is 5.10 Å². The third-order valence-corrected chi connectivity index (χ3v) is 8.26. The SMILES string of the molecule is O=C(CSc1nc2c(cnn2-c2ccccc2)c(=O)[nH]1)C12CC3CC(CC(C3)C1)C2. The molecule has 154 valence electrons. The number of para-hydroxylation sites is 1. The monoisotopic (exact) mass is 420 g/mol. The van der Waals surface area contributed by atoms with E-state index in [1.54, 1.807) is 10.9 Å². The lowest BCUT2D eigenvalue weighted by molar-refractivity contribution is -0.141. The number of nitrogens with one attached hydrogen (secondary N) is 1. The van der Waals surface area contributed by atoms with Crippen molar-refractivity contribution in [3.8, 4) is 5.69 Å². The van der Waals surface area contributed by atoms with Crippen molar-refractivity contribution in [2.24, 2.45) is 23.2 Å². The molecule has 7 heteroatoms. The number of thioether (sulfide) groups is 1. The van der Waals surface area contributed by atoms with Gasteiger partial charge in [0, 0.05) is 5.41 Å². The maximum atomic E-state index is 13.3. The predicted molar refractivity (Wildman–Crippen MR) is 116 cm³/mol. The normalized spacial score (nSPS) is 29.5. The lowest BCUT2D eigenvalue weighted by Crippen LogP contribution is -2.50. The van der Waals surface area contributed by atoms with E-state index in [0.717, 1.165) is 42.7 Å². The van der Waals surface area contributed by atoms with Crippen molar-refractivity contribution < 1.29 is 4.79 Å². The number of rotatable bonds is 5. The average Bonchev–Trinajstić information content (AvgIpc) is 3.16. The molecular formula is C23H24N4O2S. The molecule has 1 N–H and O–H groups in total. The molecule has 2 heterocycles. The fraction of sp³-hybridized carbons (Fsp3) is 0.478. The van der Waals surface area contributed by atoms with Crippen LogP contribution in [0, 0.1) is 23.2 Å². The molecule has 4 fully saturated rings. The molecule has 2 aromatic heterocycles. The minimum Gasteiger partial charge on any atom is -0.301 e. The average molecular weight is 421 g/mol. The summed E-state index contributed by atoms with van der Waals surface area (Å²) in [6, 6.07) is 9.65. The van der Waals surface area contributed by atoms with E-state index < -0.39 is 0 Å². The van der Waals surface area contributed by atoms with Gasteiger partial charge in [0.05, 0.1) is 17.6 Å². The van der Waals surface area contributed by atoms with E-state index in [2.05, 4.69) is 15.1 Å². The molecule has 0 aliphatic heterocycles. The third-order valence-electron chi connectivity index (χ3n) is 7.39. The van der Waals surface area contributed by atoms with Gasteiger partial charge in [0.15, 0.2) is 10.8 Å². The molecule has 30 heavy (non-hydrogen) atoms. The second-order valence-corrected chi connectivity index (χ2v) is 10.4. The number of Topliss-reactive ketones (excluding diaryl/α,β-unsaturated/α-hetero) is 1. The van der Waals surface area contributed by atoms with Gasteiger partial charge in [-0.25, -0.2) is 9.67 Å². The lowest BCUT2D eigenvalue weighted by Gasteiger charge is -2.56. The summed E-state index contributed by atoms with van der Waals surface area (Å²) >= 11 is 1.36. The smallest absolute Gasteiger partial charge is 0.262 e. The van der Waals surface area contributed by atoms with E-state index in [9.17, 15) is 9.59 Å². The minimum atomic E-state index is -0.216. The molecule has 1 aromatic carbocycles. The van der Waals surface area contributed by atoms with Crippen LogP contribution in [0.15, 0.2) is 46.5 Å². The lowest BCUT2D eigenvalue weighted by atomic mass is 9.48. The number of carbonyl (C=O) groups excluding carboxylic acids is 1. The molecule has 0 radical (unpaired) electrons. The van der Waals surface area contributed by atoms with E-state index >= 15 is 0 Å². The molecule has 4 saturated carbocycles. The molecule has 3 aromatic rings. The molecule has 0 saturated heterocycles. The van der Waals surface area contributed by atoms with Crippen LogP contribution in [-0.2, 0) is 4.79 Å². The van der Waals surface area contributed by atoms with Gasteiger partial charge in [-0.15, -0.1) is 0 Å². The second-order valence-electron chi connectivity index (χ2n) is 9.41. The molecule has 0 unspecified atom stereocenters. The van der Waals surface area contributed by atoms with Gasteiger partial charge in [-0.05, 0) is 68.4 Å². The van der Waals surface area contributed by atoms with E-state index in [0.29, 0.717) is 27.7 Å². The zero-order chi connectivity index (χ0) is 20.3. The summed E-state index contributed by atoms with van der Waals surface area (Å²) in [5.41, 5.74) is 1.05. The Morgan fingerprint density at radius 1 is 1.10 bits per heavy atom. The maximum Gasteiger partial charge on any atom is 0.262 e. The van der Waals surface area contributed by atoms with E-state index in [-0.39, 0.29) is 11.0 Å². The Hall–Kier alpha value is -2.41. The van der Waals surface area contributed by atoms with E-state index in [1.807, 2.05) is 30.3 Å². The van der Waals surface area contributed by atoms with Crippen molar-refractivity contribution in [3.05, 3.63) is 46.9 Å². The van der Waals surface area contributed by atoms with Crippen LogP contribution in [-0.4, -0.2) is 31.3 Å². The number of H-pyrrole nitrogens is 1. The summed E-state index contributed by atoms with van der Waals surface area (Å²) < 4.78 is 1.68. The van der Waals surface area contributed by atoms with Gasteiger partial charge in [0.2, 0.25) is 0 Å². The molecule has 7 rings (SSSR count). The minimum absolute atomic E-state index is 0.113. The van der Waals surface area contributed by atoms with Crippen LogP contribution in [0.25, 0.3) is 16.7 Å². The van der Waals surface area contributed by atoms with Crippen molar-refractivity contribution >= 4 is 28.6 Å².